The van der Waals surface area contributed by atoms with Crippen LogP contribution < -0.4 is 10.2 Å². The summed E-state index contributed by atoms with van der Waals surface area (Å²) >= 11 is 3.11. The molecule has 0 bridgehead atoms. The second-order valence-corrected chi connectivity index (χ2v) is 7.73. The largest absolute Gasteiger partial charge is 0.357 e. The smallest absolute Gasteiger partial charge is 0.275 e. The van der Waals surface area contributed by atoms with Gasteiger partial charge in [0.05, 0.1) is 16.8 Å². The molecule has 1 fully saturated rings. The molecule has 3 aromatic heterocycles. The van der Waals surface area contributed by atoms with E-state index in [1.54, 1.807) is 22.9 Å². The van der Waals surface area contributed by atoms with Gasteiger partial charge in [-0.15, -0.1) is 22.7 Å². The van der Waals surface area contributed by atoms with E-state index in [-0.39, 0.29) is 5.91 Å². The van der Waals surface area contributed by atoms with Crippen molar-refractivity contribution in [1.82, 2.24) is 9.97 Å². The average Bonchev–Trinajstić information content (AvgIpc) is 3.35. The molecule has 1 aliphatic heterocycles. The van der Waals surface area contributed by atoms with E-state index in [9.17, 15) is 4.79 Å². The number of piperidine rings is 1. The minimum Gasteiger partial charge on any atom is -0.357 e. The molecule has 1 N–H and O–H groups in total. The van der Waals surface area contributed by atoms with Crippen molar-refractivity contribution in [2.75, 3.05) is 23.3 Å². The molecule has 0 aliphatic carbocycles. The standard InChI is InChI=1S/C18H18N4OS2/c23-17(14-12-25-18(21-14)15-5-4-10-24-15)20-13-6-7-16(19-11-13)22-8-2-1-3-9-22/h4-7,10-12H,1-3,8-9H2,(H,20,23). The van der Waals surface area contributed by atoms with Crippen LogP contribution in [0.2, 0.25) is 0 Å². The lowest BCUT2D eigenvalue weighted by atomic mass is 10.1. The van der Waals surface area contributed by atoms with Crippen LogP contribution in [0, 0.1) is 0 Å². The van der Waals surface area contributed by atoms with Crippen LogP contribution in [0.5, 0.6) is 0 Å². The van der Waals surface area contributed by atoms with Crippen molar-refractivity contribution >= 4 is 40.1 Å². The summed E-state index contributed by atoms with van der Waals surface area (Å²) in [5.41, 5.74) is 1.13. The molecule has 4 heterocycles. The van der Waals surface area contributed by atoms with Gasteiger partial charge >= 0.3 is 0 Å². The van der Waals surface area contributed by atoms with E-state index in [0.717, 1.165) is 28.8 Å². The van der Waals surface area contributed by atoms with Crippen molar-refractivity contribution in [2.24, 2.45) is 0 Å². The van der Waals surface area contributed by atoms with Gasteiger partial charge in [-0.3, -0.25) is 4.79 Å². The fourth-order valence-electron chi connectivity index (χ4n) is 2.86. The van der Waals surface area contributed by atoms with Crippen molar-refractivity contribution in [3.8, 4) is 9.88 Å². The molecule has 5 nitrogen and oxygen atoms in total. The van der Waals surface area contributed by atoms with Crippen LogP contribution >= 0.6 is 22.7 Å². The van der Waals surface area contributed by atoms with E-state index in [1.807, 2.05) is 29.6 Å². The van der Waals surface area contributed by atoms with Gasteiger partial charge in [0.25, 0.3) is 5.91 Å². The summed E-state index contributed by atoms with van der Waals surface area (Å²) < 4.78 is 0. The second-order valence-electron chi connectivity index (χ2n) is 5.92. The first kappa shape index (κ1) is 16.2. The Morgan fingerprint density at radius 2 is 2.00 bits per heavy atom. The third-order valence-electron chi connectivity index (χ3n) is 4.15. The van der Waals surface area contributed by atoms with Crippen molar-refractivity contribution < 1.29 is 4.79 Å². The zero-order valence-electron chi connectivity index (χ0n) is 13.6. The highest BCUT2D eigenvalue weighted by Crippen LogP contribution is 2.28. The predicted molar refractivity (Wildman–Crippen MR) is 104 cm³/mol. The number of rotatable bonds is 4. The first-order valence-electron chi connectivity index (χ1n) is 8.31. The van der Waals surface area contributed by atoms with Gasteiger partial charge in [0, 0.05) is 18.5 Å². The Bertz CT molecular complexity index is 836. The number of aromatic nitrogens is 2. The summed E-state index contributed by atoms with van der Waals surface area (Å²) in [6.45, 7) is 2.12. The van der Waals surface area contributed by atoms with Gasteiger partial charge in [-0.05, 0) is 42.8 Å². The van der Waals surface area contributed by atoms with Crippen molar-refractivity contribution in [3.63, 3.8) is 0 Å². The topological polar surface area (TPSA) is 58.1 Å². The molecule has 25 heavy (non-hydrogen) atoms. The number of nitrogens with zero attached hydrogens (tertiary/aromatic N) is 3. The summed E-state index contributed by atoms with van der Waals surface area (Å²) in [7, 11) is 0. The van der Waals surface area contributed by atoms with Crippen LogP contribution in [0.4, 0.5) is 11.5 Å². The van der Waals surface area contributed by atoms with Crippen molar-refractivity contribution in [1.29, 1.82) is 0 Å². The number of carbonyl (C=O) groups excluding carboxylic acids is 1. The summed E-state index contributed by atoms with van der Waals surface area (Å²) in [6.07, 6.45) is 5.45. The van der Waals surface area contributed by atoms with Gasteiger partial charge in [-0.1, -0.05) is 6.07 Å². The number of carbonyl (C=O) groups is 1. The highest BCUT2D eigenvalue weighted by Gasteiger charge is 2.14. The molecule has 1 saturated heterocycles. The minimum absolute atomic E-state index is 0.202. The molecule has 4 rings (SSSR count). The Morgan fingerprint density at radius 1 is 1.12 bits per heavy atom. The molecular weight excluding hydrogens is 352 g/mol. The molecule has 0 atom stereocenters. The fraction of sp³-hybridized carbons (Fsp3) is 0.278. The molecule has 0 saturated carbocycles. The van der Waals surface area contributed by atoms with Crippen LogP contribution in [-0.2, 0) is 0 Å². The zero-order valence-corrected chi connectivity index (χ0v) is 15.3. The summed E-state index contributed by atoms with van der Waals surface area (Å²) in [5, 5.41) is 7.55. The van der Waals surface area contributed by atoms with Gasteiger partial charge in [-0.2, -0.15) is 0 Å². The Kier molecular flexibility index (Phi) is 4.76. The number of thiazole rings is 1. The van der Waals surface area contributed by atoms with E-state index in [4.69, 9.17) is 0 Å². The molecule has 7 heteroatoms. The predicted octanol–water partition coefficient (Wildman–Crippen LogP) is 4.51. The molecule has 0 spiro atoms. The SMILES string of the molecule is O=C(Nc1ccc(N2CCCCC2)nc1)c1csc(-c2cccs2)n1. The minimum atomic E-state index is -0.202. The van der Waals surface area contributed by atoms with Crippen LogP contribution in [-0.4, -0.2) is 29.0 Å². The third kappa shape index (κ3) is 3.72. The second kappa shape index (κ2) is 7.33. The maximum absolute atomic E-state index is 12.4. The number of pyridine rings is 1. The molecule has 128 valence electrons. The van der Waals surface area contributed by atoms with Gasteiger partial charge in [0.15, 0.2) is 0 Å². The highest BCUT2D eigenvalue weighted by molar-refractivity contribution is 7.20. The van der Waals surface area contributed by atoms with Gasteiger partial charge in [0.1, 0.15) is 16.5 Å². The summed E-state index contributed by atoms with van der Waals surface area (Å²) in [6, 6.07) is 7.87. The van der Waals surface area contributed by atoms with E-state index in [1.165, 1.54) is 30.6 Å². The molecule has 0 aromatic carbocycles. The molecule has 1 aliphatic rings. The molecule has 1 amide bonds. The van der Waals surface area contributed by atoms with Gasteiger partial charge in [-0.25, -0.2) is 9.97 Å². The quantitative estimate of drug-likeness (QED) is 0.734. The van der Waals surface area contributed by atoms with Crippen LogP contribution in [0.15, 0.2) is 41.2 Å². The first-order chi connectivity index (χ1) is 12.3. The Balaban J connectivity index is 1.42. The van der Waals surface area contributed by atoms with Gasteiger partial charge < -0.3 is 10.2 Å². The van der Waals surface area contributed by atoms with Crippen LogP contribution in [0.25, 0.3) is 9.88 Å². The number of thiophene rings is 1. The highest BCUT2D eigenvalue weighted by atomic mass is 32.1. The molecule has 0 radical (unpaired) electrons. The lowest BCUT2D eigenvalue weighted by molar-refractivity contribution is 0.102. The zero-order chi connectivity index (χ0) is 17.1. The van der Waals surface area contributed by atoms with E-state index >= 15 is 0 Å². The normalized spacial score (nSPS) is 14.5. The van der Waals surface area contributed by atoms with E-state index in [2.05, 4.69) is 20.2 Å². The molecule has 0 unspecified atom stereocenters. The number of nitrogens with one attached hydrogen (secondary N) is 1. The van der Waals surface area contributed by atoms with Gasteiger partial charge in [0.2, 0.25) is 0 Å². The summed E-state index contributed by atoms with van der Waals surface area (Å²) in [4.78, 5) is 24.7. The van der Waals surface area contributed by atoms with Crippen LogP contribution in [0.3, 0.4) is 0 Å². The lowest BCUT2D eigenvalue weighted by Crippen LogP contribution is -2.30. The Labute approximate surface area is 154 Å². The third-order valence-corrected chi connectivity index (χ3v) is 6.04. The fourth-order valence-corrected chi connectivity index (χ4v) is 4.47. The van der Waals surface area contributed by atoms with Crippen molar-refractivity contribution in [3.05, 3.63) is 46.9 Å². The average molecular weight is 371 g/mol. The van der Waals surface area contributed by atoms with Crippen LogP contribution in [0.1, 0.15) is 29.8 Å². The van der Waals surface area contributed by atoms with E-state index < -0.39 is 0 Å². The summed E-state index contributed by atoms with van der Waals surface area (Å²) in [5.74, 6) is 0.776. The molecule has 3 aromatic rings. The maximum Gasteiger partial charge on any atom is 0.275 e. The first-order valence-corrected chi connectivity index (χ1v) is 10.1. The monoisotopic (exact) mass is 370 g/mol. The maximum atomic E-state index is 12.4. The number of hydrogen-bond acceptors (Lipinski definition) is 6. The lowest BCUT2D eigenvalue weighted by Gasteiger charge is -2.27. The Morgan fingerprint density at radius 3 is 2.72 bits per heavy atom. The number of amides is 1. The number of anilines is 2. The van der Waals surface area contributed by atoms with E-state index in [0.29, 0.717) is 11.4 Å². The molecular formula is C18H18N4OS2. The Hall–Kier alpha value is -2.25. The van der Waals surface area contributed by atoms with Crippen molar-refractivity contribution in [2.45, 2.75) is 19.3 Å². The number of hydrogen-bond donors (Lipinski definition) is 1.